The molecule has 8 heteroatoms. The van der Waals surface area contributed by atoms with E-state index in [9.17, 15) is 10.1 Å². The van der Waals surface area contributed by atoms with Crippen molar-refractivity contribution in [3.05, 3.63) is 82.2 Å². The fourth-order valence-electron chi connectivity index (χ4n) is 3.22. The Morgan fingerprint density at radius 2 is 2.03 bits per heavy atom. The molecule has 0 saturated heterocycles. The molecule has 0 aliphatic heterocycles. The second-order valence-corrected chi connectivity index (χ2v) is 7.17. The van der Waals surface area contributed by atoms with Crippen molar-refractivity contribution >= 4 is 5.65 Å². The van der Waals surface area contributed by atoms with Crippen LogP contribution in [0.2, 0.25) is 0 Å². The van der Waals surface area contributed by atoms with Crippen LogP contribution >= 0.6 is 0 Å². The first-order valence-electron chi connectivity index (χ1n) is 9.38. The maximum Gasteiger partial charge on any atom is 0.272 e. The van der Waals surface area contributed by atoms with Crippen molar-refractivity contribution in [1.29, 1.82) is 5.26 Å². The van der Waals surface area contributed by atoms with Crippen molar-refractivity contribution in [2.75, 3.05) is 0 Å². The number of nitrogens with one attached hydrogen (secondary N) is 1. The smallest absolute Gasteiger partial charge is 0.272 e. The van der Waals surface area contributed by atoms with Crippen molar-refractivity contribution in [1.82, 2.24) is 29.3 Å². The number of H-pyrrole nitrogens is 1. The lowest BCUT2D eigenvalue weighted by atomic mass is 10.2. The van der Waals surface area contributed by atoms with Crippen molar-refractivity contribution in [2.45, 2.75) is 33.0 Å². The number of aromatic amines is 1. The van der Waals surface area contributed by atoms with Crippen LogP contribution in [0.1, 0.15) is 30.7 Å². The quantitative estimate of drug-likeness (QED) is 0.548. The number of hydrogen-bond donors (Lipinski definition) is 1. The summed E-state index contributed by atoms with van der Waals surface area (Å²) in [4.78, 5) is 19.1. The van der Waals surface area contributed by atoms with Crippen molar-refractivity contribution in [3.63, 3.8) is 0 Å². The fraction of sp³-hybridized carbons (Fsp3) is 0.238. The van der Waals surface area contributed by atoms with Crippen LogP contribution in [0, 0.1) is 11.3 Å². The highest BCUT2D eigenvalue weighted by Gasteiger charge is 2.16. The van der Waals surface area contributed by atoms with E-state index in [4.69, 9.17) is 0 Å². The summed E-state index contributed by atoms with van der Waals surface area (Å²) in [6, 6.07) is 13.8. The van der Waals surface area contributed by atoms with Gasteiger partial charge < -0.3 is 0 Å². The molecular weight excluding hydrogens is 366 g/mol. The highest BCUT2D eigenvalue weighted by atomic mass is 16.1. The first kappa shape index (κ1) is 18.7. The molecule has 0 atom stereocenters. The number of benzene rings is 1. The molecule has 0 aliphatic rings. The van der Waals surface area contributed by atoms with Gasteiger partial charge in [-0.05, 0) is 26.0 Å². The van der Waals surface area contributed by atoms with Crippen LogP contribution in [-0.4, -0.2) is 35.3 Å². The summed E-state index contributed by atoms with van der Waals surface area (Å²) in [7, 11) is 0. The molecule has 1 aromatic carbocycles. The van der Waals surface area contributed by atoms with Gasteiger partial charge in [0.05, 0.1) is 17.6 Å². The molecule has 3 aromatic heterocycles. The molecule has 0 spiro atoms. The average molecular weight is 387 g/mol. The summed E-state index contributed by atoms with van der Waals surface area (Å²) in [6.07, 6.45) is 5.36. The standard InChI is InChI=1S/C21H21N7O/c1-15(2)26(12-16-10-23-27(13-16)19-6-4-3-5-7-19)14-18-8-20(29)28-21(25-18)17(9-22)11-24-28/h3-8,10-11,13,15,24H,12,14H2,1-2H3. The van der Waals surface area contributed by atoms with Crippen molar-refractivity contribution in [3.8, 4) is 11.8 Å². The summed E-state index contributed by atoms with van der Waals surface area (Å²) >= 11 is 0. The van der Waals surface area contributed by atoms with Crippen LogP contribution in [0.15, 0.2) is 59.8 Å². The number of hydrogen-bond acceptors (Lipinski definition) is 5. The minimum atomic E-state index is -0.230. The molecule has 0 saturated carbocycles. The van der Waals surface area contributed by atoms with Gasteiger partial charge in [-0.3, -0.25) is 14.8 Å². The fourth-order valence-corrected chi connectivity index (χ4v) is 3.22. The molecule has 29 heavy (non-hydrogen) atoms. The van der Waals surface area contributed by atoms with Gasteiger partial charge in [-0.2, -0.15) is 10.4 Å². The summed E-state index contributed by atoms with van der Waals surface area (Å²) < 4.78 is 3.13. The maximum atomic E-state index is 12.3. The predicted molar refractivity (Wildman–Crippen MR) is 108 cm³/mol. The van der Waals surface area contributed by atoms with E-state index < -0.39 is 0 Å². The average Bonchev–Trinajstić information content (AvgIpc) is 3.35. The largest absolute Gasteiger partial charge is 0.295 e. The van der Waals surface area contributed by atoms with Gasteiger partial charge in [-0.25, -0.2) is 14.2 Å². The number of nitrogens with zero attached hydrogens (tertiary/aromatic N) is 6. The minimum Gasteiger partial charge on any atom is -0.295 e. The van der Waals surface area contributed by atoms with E-state index in [0.717, 1.165) is 11.3 Å². The van der Waals surface area contributed by atoms with E-state index in [2.05, 4.69) is 40.0 Å². The predicted octanol–water partition coefficient (Wildman–Crippen LogP) is 2.49. The third-order valence-electron chi connectivity index (χ3n) is 4.81. The third kappa shape index (κ3) is 3.81. The summed E-state index contributed by atoms with van der Waals surface area (Å²) in [5.74, 6) is 0. The molecule has 146 valence electrons. The van der Waals surface area contributed by atoms with Gasteiger partial charge in [0, 0.05) is 43.2 Å². The Labute approximate surface area is 167 Å². The lowest BCUT2D eigenvalue weighted by Gasteiger charge is -2.25. The van der Waals surface area contributed by atoms with Crippen molar-refractivity contribution < 1.29 is 0 Å². The highest BCUT2D eigenvalue weighted by Crippen LogP contribution is 2.14. The molecule has 8 nitrogen and oxygen atoms in total. The molecule has 3 heterocycles. The molecule has 0 radical (unpaired) electrons. The summed E-state index contributed by atoms with van der Waals surface area (Å²) in [5, 5.41) is 16.4. The number of aromatic nitrogens is 5. The van der Waals surface area contributed by atoms with Crippen LogP contribution in [0.5, 0.6) is 0 Å². The SMILES string of the molecule is CC(C)N(Cc1cnn(-c2ccccc2)c1)Cc1cc(=O)n2[nH]cc(C#N)c2n1. The number of para-hydroxylation sites is 1. The van der Waals surface area contributed by atoms with Gasteiger partial charge in [0.15, 0.2) is 5.65 Å². The first-order valence-corrected chi connectivity index (χ1v) is 9.38. The van der Waals surface area contributed by atoms with E-state index in [-0.39, 0.29) is 11.6 Å². The number of nitriles is 1. The number of rotatable bonds is 6. The van der Waals surface area contributed by atoms with Gasteiger partial charge in [0.1, 0.15) is 11.6 Å². The maximum absolute atomic E-state index is 12.3. The Bertz CT molecular complexity index is 1230. The van der Waals surface area contributed by atoms with Crippen molar-refractivity contribution in [2.24, 2.45) is 0 Å². The summed E-state index contributed by atoms with van der Waals surface area (Å²) in [5.41, 5.74) is 3.19. The molecule has 0 bridgehead atoms. The molecule has 4 rings (SSSR count). The van der Waals surface area contributed by atoms with E-state index in [1.165, 1.54) is 16.8 Å². The van der Waals surface area contributed by atoms with Gasteiger partial charge in [0.2, 0.25) is 0 Å². The Morgan fingerprint density at radius 3 is 2.76 bits per heavy atom. The van der Waals surface area contributed by atoms with Crippen LogP contribution in [-0.2, 0) is 13.1 Å². The normalized spacial score (nSPS) is 11.4. The zero-order chi connectivity index (χ0) is 20.4. The van der Waals surface area contributed by atoms with Gasteiger partial charge in [-0.15, -0.1) is 0 Å². The van der Waals surface area contributed by atoms with Crippen LogP contribution < -0.4 is 5.56 Å². The minimum absolute atomic E-state index is 0.230. The van der Waals surface area contributed by atoms with E-state index >= 15 is 0 Å². The van der Waals surface area contributed by atoms with Gasteiger partial charge in [-0.1, -0.05) is 18.2 Å². The highest BCUT2D eigenvalue weighted by molar-refractivity contribution is 5.53. The van der Waals surface area contributed by atoms with Gasteiger partial charge >= 0.3 is 0 Å². The lowest BCUT2D eigenvalue weighted by Crippen LogP contribution is -2.31. The molecule has 0 amide bonds. The second kappa shape index (κ2) is 7.73. The first-order chi connectivity index (χ1) is 14.0. The van der Waals surface area contributed by atoms with E-state index in [1.54, 1.807) is 0 Å². The Morgan fingerprint density at radius 1 is 1.24 bits per heavy atom. The lowest BCUT2D eigenvalue weighted by molar-refractivity contribution is 0.201. The molecule has 0 aliphatic carbocycles. The second-order valence-electron chi connectivity index (χ2n) is 7.17. The van der Waals surface area contributed by atoms with E-state index in [1.807, 2.05) is 47.4 Å². The molecule has 4 aromatic rings. The monoisotopic (exact) mass is 387 g/mol. The van der Waals surface area contributed by atoms with Crippen LogP contribution in [0.3, 0.4) is 0 Å². The molecule has 1 N–H and O–H groups in total. The Balaban J connectivity index is 1.58. The van der Waals surface area contributed by atoms with Gasteiger partial charge in [0.25, 0.3) is 5.56 Å². The molecule has 0 fully saturated rings. The Hall–Kier alpha value is -3.70. The zero-order valence-corrected chi connectivity index (χ0v) is 16.3. The summed E-state index contributed by atoms with van der Waals surface area (Å²) in [6.45, 7) is 5.37. The third-order valence-corrected chi connectivity index (χ3v) is 4.81. The van der Waals surface area contributed by atoms with Crippen LogP contribution in [0.25, 0.3) is 11.3 Å². The van der Waals surface area contributed by atoms with Crippen LogP contribution in [0.4, 0.5) is 0 Å². The molecule has 0 unspecified atom stereocenters. The number of fused-ring (bicyclic) bond motifs is 1. The molecular formula is C21H21N7O. The van der Waals surface area contributed by atoms with E-state index in [0.29, 0.717) is 30.0 Å². The topological polar surface area (TPSA) is 95.0 Å². The zero-order valence-electron chi connectivity index (χ0n) is 16.3. The Kier molecular flexibility index (Phi) is 4.97.